The molecule has 1 heterocycles. The maximum Gasteiger partial charge on any atom is 0.000958 e. The lowest BCUT2D eigenvalue weighted by Crippen LogP contribution is -2.38. The topological polar surface area (TPSA) is 3.24 Å². The van der Waals surface area contributed by atoms with E-state index in [2.05, 4.69) is 31.4 Å². The fourth-order valence-corrected chi connectivity index (χ4v) is 1.99. The van der Waals surface area contributed by atoms with Crippen molar-refractivity contribution in [2.75, 3.05) is 25.4 Å². The third kappa shape index (κ3) is 2.98. The number of rotatable bonds is 3. The van der Waals surface area contributed by atoms with Crippen molar-refractivity contribution in [1.82, 2.24) is 4.90 Å². The molecule has 0 bridgehead atoms. The lowest BCUT2D eigenvalue weighted by atomic mass is 9.89. The summed E-state index contributed by atoms with van der Waals surface area (Å²) in [4.78, 5) is 2.58. The highest BCUT2D eigenvalue weighted by Crippen LogP contribution is 2.22. The maximum absolute atomic E-state index is 4.23. The molecule has 72 valence electrons. The minimum atomic E-state index is 0.888. The highest BCUT2D eigenvalue weighted by atomic mass is 32.1. The van der Waals surface area contributed by atoms with E-state index < -0.39 is 0 Å². The maximum atomic E-state index is 4.23. The average molecular weight is 187 g/mol. The number of hydrogen-bond donors (Lipinski definition) is 1. The molecule has 0 spiro atoms. The predicted molar refractivity (Wildman–Crippen MR) is 57.9 cm³/mol. The molecule has 12 heavy (non-hydrogen) atoms. The SMILES string of the molecule is CC1CCN(CCCS)CC1C. The Labute approximate surface area is 81.9 Å². The van der Waals surface area contributed by atoms with Gasteiger partial charge in [0.15, 0.2) is 0 Å². The Bertz CT molecular complexity index is 125. The molecule has 0 aromatic heterocycles. The molecule has 0 radical (unpaired) electrons. The number of thiol groups is 1. The van der Waals surface area contributed by atoms with Gasteiger partial charge in [-0.2, -0.15) is 12.6 Å². The summed E-state index contributed by atoms with van der Waals surface area (Å²) in [6, 6.07) is 0. The Morgan fingerprint density at radius 2 is 2.08 bits per heavy atom. The Kier molecular flexibility index (Phi) is 4.44. The Morgan fingerprint density at radius 1 is 1.33 bits per heavy atom. The first-order valence-electron chi connectivity index (χ1n) is 5.07. The first-order valence-corrected chi connectivity index (χ1v) is 5.70. The second-order valence-corrected chi connectivity index (χ2v) is 4.57. The quantitative estimate of drug-likeness (QED) is 0.663. The number of nitrogens with zero attached hydrogens (tertiary/aromatic N) is 1. The van der Waals surface area contributed by atoms with Crippen molar-refractivity contribution in [3.05, 3.63) is 0 Å². The summed E-state index contributed by atoms with van der Waals surface area (Å²) in [5.41, 5.74) is 0. The van der Waals surface area contributed by atoms with E-state index in [1.807, 2.05) is 0 Å². The summed E-state index contributed by atoms with van der Waals surface area (Å²) < 4.78 is 0. The molecule has 1 nitrogen and oxygen atoms in total. The molecule has 0 N–H and O–H groups in total. The van der Waals surface area contributed by atoms with Gasteiger partial charge < -0.3 is 4.90 Å². The minimum Gasteiger partial charge on any atom is -0.303 e. The summed E-state index contributed by atoms with van der Waals surface area (Å²) in [6.07, 6.45) is 2.62. The molecule has 0 amide bonds. The van der Waals surface area contributed by atoms with E-state index >= 15 is 0 Å². The number of piperidine rings is 1. The van der Waals surface area contributed by atoms with Gasteiger partial charge in [-0.05, 0) is 43.5 Å². The van der Waals surface area contributed by atoms with Crippen molar-refractivity contribution >= 4 is 12.6 Å². The van der Waals surface area contributed by atoms with E-state index in [1.165, 1.54) is 32.5 Å². The van der Waals surface area contributed by atoms with Crippen molar-refractivity contribution in [2.45, 2.75) is 26.7 Å². The highest BCUT2D eigenvalue weighted by Gasteiger charge is 2.21. The molecule has 2 unspecified atom stereocenters. The van der Waals surface area contributed by atoms with Crippen LogP contribution in [0.2, 0.25) is 0 Å². The molecule has 1 rings (SSSR count). The summed E-state index contributed by atoms with van der Waals surface area (Å²) >= 11 is 4.23. The van der Waals surface area contributed by atoms with Crippen molar-refractivity contribution in [3.8, 4) is 0 Å². The molecule has 0 aromatic carbocycles. The Morgan fingerprint density at radius 3 is 2.67 bits per heavy atom. The first kappa shape index (κ1) is 10.4. The van der Waals surface area contributed by atoms with E-state index in [-0.39, 0.29) is 0 Å². The van der Waals surface area contributed by atoms with Crippen LogP contribution in [-0.2, 0) is 0 Å². The molecule has 1 aliphatic rings. The molecule has 0 aliphatic carbocycles. The summed E-state index contributed by atoms with van der Waals surface area (Å²) in [7, 11) is 0. The van der Waals surface area contributed by atoms with Crippen LogP contribution in [0.15, 0.2) is 0 Å². The van der Waals surface area contributed by atoms with Crippen LogP contribution in [0.3, 0.4) is 0 Å². The minimum absolute atomic E-state index is 0.888. The third-order valence-electron chi connectivity index (χ3n) is 3.05. The monoisotopic (exact) mass is 187 g/mol. The van der Waals surface area contributed by atoms with Crippen molar-refractivity contribution in [3.63, 3.8) is 0 Å². The van der Waals surface area contributed by atoms with Gasteiger partial charge in [-0.1, -0.05) is 13.8 Å². The van der Waals surface area contributed by atoms with E-state index in [9.17, 15) is 0 Å². The normalized spacial score (nSPS) is 32.2. The highest BCUT2D eigenvalue weighted by molar-refractivity contribution is 7.80. The smallest absolute Gasteiger partial charge is 0.000958 e. The van der Waals surface area contributed by atoms with Gasteiger partial charge in [0, 0.05) is 6.54 Å². The number of hydrogen-bond acceptors (Lipinski definition) is 2. The first-order chi connectivity index (χ1) is 5.74. The molecule has 1 aliphatic heterocycles. The van der Waals surface area contributed by atoms with Crippen molar-refractivity contribution in [2.24, 2.45) is 11.8 Å². The van der Waals surface area contributed by atoms with Gasteiger partial charge in [-0.15, -0.1) is 0 Å². The van der Waals surface area contributed by atoms with Gasteiger partial charge in [-0.3, -0.25) is 0 Å². The van der Waals surface area contributed by atoms with Crippen LogP contribution >= 0.6 is 12.6 Å². The molecule has 1 saturated heterocycles. The van der Waals surface area contributed by atoms with Gasteiger partial charge in [0.1, 0.15) is 0 Å². The predicted octanol–water partition coefficient (Wildman–Crippen LogP) is 2.28. The zero-order valence-electron chi connectivity index (χ0n) is 8.29. The van der Waals surface area contributed by atoms with Crippen molar-refractivity contribution < 1.29 is 0 Å². The molecule has 1 fully saturated rings. The van der Waals surface area contributed by atoms with Crippen LogP contribution in [0.4, 0.5) is 0 Å². The fourth-order valence-electron chi connectivity index (χ4n) is 1.85. The van der Waals surface area contributed by atoms with E-state index in [0.717, 1.165) is 17.6 Å². The molecular formula is C10H21NS. The summed E-state index contributed by atoms with van der Waals surface area (Å²) in [5.74, 6) is 2.84. The van der Waals surface area contributed by atoms with E-state index in [0.29, 0.717) is 0 Å². The van der Waals surface area contributed by atoms with Gasteiger partial charge >= 0.3 is 0 Å². The molecule has 2 atom stereocenters. The number of likely N-dealkylation sites (tertiary alicyclic amines) is 1. The second kappa shape index (κ2) is 5.13. The summed E-state index contributed by atoms with van der Waals surface area (Å²) in [6.45, 7) is 8.60. The zero-order chi connectivity index (χ0) is 8.97. The van der Waals surface area contributed by atoms with Gasteiger partial charge in [0.05, 0.1) is 0 Å². The van der Waals surface area contributed by atoms with E-state index in [4.69, 9.17) is 0 Å². The average Bonchev–Trinajstić information content (AvgIpc) is 2.07. The lowest BCUT2D eigenvalue weighted by molar-refractivity contribution is 0.139. The van der Waals surface area contributed by atoms with Crippen LogP contribution in [-0.4, -0.2) is 30.3 Å². The third-order valence-corrected chi connectivity index (χ3v) is 3.37. The van der Waals surface area contributed by atoms with Gasteiger partial charge in [0.2, 0.25) is 0 Å². The largest absolute Gasteiger partial charge is 0.303 e. The zero-order valence-corrected chi connectivity index (χ0v) is 9.19. The molecule has 2 heteroatoms. The van der Waals surface area contributed by atoms with E-state index in [1.54, 1.807) is 0 Å². The van der Waals surface area contributed by atoms with Crippen LogP contribution in [0.5, 0.6) is 0 Å². The second-order valence-electron chi connectivity index (χ2n) is 4.12. The van der Waals surface area contributed by atoms with Crippen LogP contribution < -0.4 is 0 Å². The van der Waals surface area contributed by atoms with Crippen LogP contribution in [0.1, 0.15) is 26.7 Å². The Hall–Kier alpha value is 0.310. The lowest BCUT2D eigenvalue weighted by Gasteiger charge is -2.35. The van der Waals surface area contributed by atoms with Crippen molar-refractivity contribution in [1.29, 1.82) is 0 Å². The van der Waals surface area contributed by atoms with Gasteiger partial charge in [-0.25, -0.2) is 0 Å². The fraction of sp³-hybridized carbons (Fsp3) is 1.00. The molecular weight excluding hydrogens is 166 g/mol. The Balaban J connectivity index is 2.21. The standard InChI is InChI=1S/C10H21NS/c1-9-4-6-11(5-3-7-12)8-10(9)2/h9-10,12H,3-8H2,1-2H3. The van der Waals surface area contributed by atoms with Crippen LogP contribution in [0, 0.1) is 11.8 Å². The van der Waals surface area contributed by atoms with Gasteiger partial charge in [0.25, 0.3) is 0 Å². The van der Waals surface area contributed by atoms with Crippen LogP contribution in [0.25, 0.3) is 0 Å². The summed E-state index contributed by atoms with van der Waals surface area (Å²) in [5, 5.41) is 0. The molecule has 0 aromatic rings. The molecule has 0 saturated carbocycles.